The first-order chi connectivity index (χ1) is 22.7. The summed E-state index contributed by atoms with van der Waals surface area (Å²) < 4.78 is 5.81. The van der Waals surface area contributed by atoms with Gasteiger partial charge in [0.2, 0.25) is 12.3 Å². The maximum atomic E-state index is 5.81. The minimum Gasteiger partial charge on any atom is -0.423 e. The molecule has 228 valence electrons. The van der Waals surface area contributed by atoms with E-state index in [4.69, 9.17) is 4.42 Å². The fourth-order valence-corrected chi connectivity index (χ4v) is 6.72. The summed E-state index contributed by atoms with van der Waals surface area (Å²) in [7, 11) is 0. The highest BCUT2D eigenvalue weighted by Gasteiger charge is 2.23. The minimum absolute atomic E-state index is 0.533. The second-order valence-corrected chi connectivity index (χ2v) is 12.0. The first-order valence-electron chi connectivity index (χ1n) is 16.1. The van der Waals surface area contributed by atoms with Gasteiger partial charge < -0.3 is 9.32 Å². The third-order valence-electron chi connectivity index (χ3n) is 9.18. The van der Waals surface area contributed by atoms with Crippen molar-refractivity contribution in [2.45, 2.75) is 46.0 Å². The number of anilines is 3. The van der Waals surface area contributed by atoms with Gasteiger partial charge in [0.25, 0.3) is 0 Å². The number of nitrogens with zero attached hydrogens (tertiary/aromatic N) is 5. The lowest BCUT2D eigenvalue weighted by molar-refractivity contribution is 0.451. The zero-order valence-corrected chi connectivity index (χ0v) is 26.3. The summed E-state index contributed by atoms with van der Waals surface area (Å²) in [6.45, 7) is 4.53. The molecule has 7 rings (SSSR count). The Kier molecular flexibility index (Phi) is 8.51. The van der Waals surface area contributed by atoms with Crippen molar-refractivity contribution < 1.29 is 4.42 Å². The van der Waals surface area contributed by atoms with E-state index in [-0.39, 0.29) is 0 Å². The second kappa shape index (κ2) is 13.3. The highest BCUT2D eigenvalue weighted by molar-refractivity contribution is 5.87. The van der Waals surface area contributed by atoms with Crippen molar-refractivity contribution >= 4 is 29.2 Å². The van der Waals surface area contributed by atoms with Gasteiger partial charge in [-0.1, -0.05) is 68.0 Å². The van der Waals surface area contributed by atoms with Crippen molar-refractivity contribution in [2.75, 3.05) is 4.90 Å². The lowest BCUT2D eigenvalue weighted by Crippen LogP contribution is -2.12. The smallest absolute Gasteiger partial charge is 0.248 e. The normalized spacial score (nSPS) is 15.3. The molecule has 0 spiro atoms. The Balaban J connectivity index is 1.38. The van der Waals surface area contributed by atoms with Crippen LogP contribution in [-0.4, -0.2) is 20.2 Å². The molecule has 1 aliphatic rings. The van der Waals surface area contributed by atoms with Crippen molar-refractivity contribution in [3.05, 3.63) is 138 Å². The minimum atomic E-state index is 0.533. The third kappa shape index (κ3) is 5.98. The van der Waals surface area contributed by atoms with Crippen LogP contribution >= 0.6 is 0 Å². The Labute approximate surface area is 270 Å². The molecule has 2 heterocycles. The summed E-state index contributed by atoms with van der Waals surface area (Å²) in [5, 5.41) is 8.38. The van der Waals surface area contributed by atoms with E-state index in [2.05, 4.69) is 136 Å². The van der Waals surface area contributed by atoms with E-state index in [1.165, 1.54) is 34.3 Å². The van der Waals surface area contributed by atoms with Crippen LogP contribution in [0.1, 0.15) is 54.0 Å². The van der Waals surface area contributed by atoms with Crippen LogP contribution < -0.4 is 4.90 Å². The van der Waals surface area contributed by atoms with Crippen molar-refractivity contribution in [2.24, 2.45) is 5.92 Å². The molecule has 0 N–H and O–H groups in total. The number of rotatable bonds is 6. The fraction of sp³-hybridized carbons (Fsp3) is 0.200. The van der Waals surface area contributed by atoms with E-state index < -0.39 is 0 Å². The van der Waals surface area contributed by atoms with E-state index in [0.717, 1.165) is 65.7 Å². The molecule has 0 saturated carbocycles. The molecule has 0 amide bonds. The molecule has 1 atom stereocenters. The zero-order chi connectivity index (χ0) is 31.3. The quantitative estimate of drug-likeness (QED) is 0.189. The lowest BCUT2D eigenvalue weighted by atomic mass is 9.84. The van der Waals surface area contributed by atoms with Gasteiger partial charge in [-0.15, -0.1) is 10.2 Å². The molecular weight excluding hydrogens is 566 g/mol. The van der Waals surface area contributed by atoms with Crippen molar-refractivity contribution in [3.63, 3.8) is 0 Å². The molecule has 6 nitrogen and oxygen atoms in total. The standard InChI is InChI=1S/C40H37N5O/c1-3-29-11-10-16-37-28(2)31(23-38(33-24-41-26-42-25-33)39(37)40-44-43-27-46-40)18-17-30-19-20-36(22-32(30)21-29)45(34-12-6-4-7-13-34)35-14-8-5-9-15-35/h4-9,12-15,17-20,22-27,29H,3,10-11,16,21H2,1-2H3/b18-17-. The van der Waals surface area contributed by atoms with E-state index in [0.29, 0.717) is 11.8 Å². The highest BCUT2D eigenvalue weighted by atomic mass is 16.4. The Morgan fingerprint density at radius 3 is 2.22 bits per heavy atom. The first-order valence-corrected chi connectivity index (χ1v) is 16.1. The van der Waals surface area contributed by atoms with Crippen LogP contribution in [0.3, 0.4) is 0 Å². The molecule has 2 aromatic heterocycles. The monoisotopic (exact) mass is 603 g/mol. The van der Waals surface area contributed by atoms with Crippen LogP contribution in [0.5, 0.6) is 0 Å². The molecule has 0 saturated heterocycles. The number of hydrogen-bond acceptors (Lipinski definition) is 6. The molecule has 4 aromatic carbocycles. The van der Waals surface area contributed by atoms with Crippen LogP contribution in [0.15, 0.2) is 114 Å². The van der Waals surface area contributed by atoms with Gasteiger partial charge in [-0.3, -0.25) is 0 Å². The summed E-state index contributed by atoms with van der Waals surface area (Å²) in [6.07, 6.45) is 16.5. The maximum absolute atomic E-state index is 5.81. The van der Waals surface area contributed by atoms with E-state index in [1.54, 1.807) is 6.33 Å². The van der Waals surface area contributed by atoms with Gasteiger partial charge in [-0.05, 0) is 114 Å². The van der Waals surface area contributed by atoms with Crippen LogP contribution in [0.25, 0.3) is 34.7 Å². The highest BCUT2D eigenvalue weighted by Crippen LogP contribution is 2.40. The Hall–Kier alpha value is -5.36. The van der Waals surface area contributed by atoms with Gasteiger partial charge in [0.1, 0.15) is 6.33 Å². The fourth-order valence-electron chi connectivity index (χ4n) is 6.72. The number of hydrogen-bond donors (Lipinski definition) is 0. The Morgan fingerprint density at radius 2 is 1.54 bits per heavy atom. The molecule has 2 bridgehead atoms. The molecular formula is C40H37N5O. The zero-order valence-electron chi connectivity index (χ0n) is 26.3. The summed E-state index contributed by atoms with van der Waals surface area (Å²) >= 11 is 0. The van der Waals surface area contributed by atoms with Crippen molar-refractivity contribution in [3.8, 4) is 22.6 Å². The van der Waals surface area contributed by atoms with Crippen molar-refractivity contribution in [1.82, 2.24) is 20.2 Å². The summed E-state index contributed by atoms with van der Waals surface area (Å²) in [4.78, 5) is 11.0. The van der Waals surface area contributed by atoms with Gasteiger partial charge in [-0.25, -0.2) is 9.97 Å². The lowest BCUT2D eigenvalue weighted by Gasteiger charge is -2.27. The predicted octanol–water partition coefficient (Wildman–Crippen LogP) is 10.0. The summed E-state index contributed by atoms with van der Waals surface area (Å²) in [5.74, 6) is 1.09. The predicted molar refractivity (Wildman–Crippen MR) is 186 cm³/mol. The number of para-hydroxylation sites is 2. The van der Waals surface area contributed by atoms with E-state index >= 15 is 0 Å². The number of fused-ring (bicyclic) bond motifs is 3. The average molecular weight is 604 g/mol. The number of aromatic nitrogens is 4. The van der Waals surface area contributed by atoms with Crippen LogP contribution in [0.2, 0.25) is 0 Å². The molecule has 1 unspecified atom stereocenters. The molecule has 0 fully saturated rings. The molecule has 1 aliphatic carbocycles. The SMILES string of the molecule is CCC1CCCc2c(C)c(cc(-c3cncnc3)c2-c2nnco2)/C=C\c2ccc(N(c3ccccc3)c3ccccc3)cc2C1. The average Bonchev–Trinajstić information content (AvgIpc) is 3.64. The molecule has 6 aromatic rings. The van der Waals surface area contributed by atoms with E-state index in [1.807, 2.05) is 12.4 Å². The largest absolute Gasteiger partial charge is 0.423 e. The van der Waals surface area contributed by atoms with Gasteiger partial charge >= 0.3 is 0 Å². The summed E-state index contributed by atoms with van der Waals surface area (Å²) in [6, 6.07) is 30.4. The van der Waals surface area contributed by atoms with Crippen LogP contribution in [0, 0.1) is 12.8 Å². The topological polar surface area (TPSA) is 67.9 Å². The molecule has 6 heteroatoms. The van der Waals surface area contributed by atoms with Gasteiger partial charge in [0.05, 0.1) is 5.56 Å². The van der Waals surface area contributed by atoms with E-state index in [9.17, 15) is 0 Å². The first kappa shape index (κ1) is 29.4. The molecule has 0 aliphatic heterocycles. The second-order valence-electron chi connectivity index (χ2n) is 12.0. The maximum Gasteiger partial charge on any atom is 0.248 e. The van der Waals surface area contributed by atoms with Crippen molar-refractivity contribution in [1.29, 1.82) is 0 Å². The Morgan fingerprint density at radius 1 is 0.826 bits per heavy atom. The molecule has 0 radical (unpaired) electrons. The van der Waals surface area contributed by atoms with Gasteiger partial charge in [0, 0.05) is 35.0 Å². The summed E-state index contributed by atoms with van der Waals surface area (Å²) in [5.41, 5.74) is 12.6. The molecule has 46 heavy (non-hydrogen) atoms. The van der Waals surface area contributed by atoms with Crippen LogP contribution in [-0.2, 0) is 12.8 Å². The Bertz CT molecular complexity index is 1900. The van der Waals surface area contributed by atoms with Crippen LogP contribution in [0.4, 0.5) is 17.1 Å². The van der Waals surface area contributed by atoms with Gasteiger partial charge in [0.15, 0.2) is 0 Å². The third-order valence-corrected chi connectivity index (χ3v) is 9.18. The number of benzene rings is 4. The van der Waals surface area contributed by atoms with Gasteiger partial charge in [-0.2, -0.15) is 0 Å².